The molecule has 0 amide bonds. The van der Waals surface area contributed by atoms with Crippen molar-refractivity contribution in [1.29, 1.82) is 0 Å². The highest BCUT2D eigenvalue weighted by Crippen LogP contribution is 2.24. The molecule has 0 bridgehead atoms. The summed E-state index contributed by atoms with van der Waals surface area (Å²) in [7, 11) is 3.68. The summed E-state index contributed by atoms with van der Waals surface area (Å²) < 4.78 is 5.20. The van der Waals surface area contributed by atoms with Crippen molar-refractivity contribution in [2.75, 3.05) is 26.5 Å². The highest BCUT2D eigenvalue weighted by molar-refractivity contribution is 7.99. The zero-order valence-electron chi connectivity index (χ0n) is 8.96. The number of ether oxygens (including phenoxy) is 1. The van der Waals surface area contributed by atoms with E-state index in [-0.39, 0.29) is 0 Å². The number of benzene rings is 1. The Bertz CT molecular complexity index is 289. The van der Waals surface area contributed by atoms with Crippen LogP contribution in [0.3, 0.4) is 0 Å². The highest BCUT2D eigenvalue weighted by Gasteiger charge is 1.99. The van der Waals surface area contributed by atoms with Crippen molar-refractivity contribution in [3.05, 3.63) is 23.8 Å². The maximum atomic E-state index is 5.20. The van der Waals surface area contributed by atoms with E-state index in [1.54, 1.807) is 7.11 Å². The van der Waals surface area contributed by atoms with Gasteiger partial charge >= 0.3 is 0 Å². The average molecular weight is 211 g/mol. The minimum Gasteiger partial charge on any atom is -0.496 e. The van der Waals surface area contributed by atoms with Crippen LogP contribution < -0.4 is 10.1 Å². The van der Waals surface area contributed by atoms with Gasteiger partial charge in [0.15, 0.2) is 0 Å². The summed E-state index contributed by atoms with van der Waals surface area (Å²) in [6.07, 6.45) is 0. The van der Waals surface area contributed by atoms with Crippen LogP contribution in [0.15, 0.2) is 23.1 Å². The SMILES string of the molecule is CNCCSc1ccc(OC)c(C)c1. The first-order chi connectivity index (χ1) is 6.77. The summed E-state index contributed by atoms with van der Waals surface area (Å²) in [5.74, 6) is 2.06. The van der Waals surface area contributed by atoms with Gasteiger partial charge in [0.05, 0.1) is 7.11 Å². The van der Waals surface area contributed by atoms with Crippen LogP contribution in [-0.4, -0.2) is 26.5 Å². The van der Waals surface area contributed by atoms with Gasteiger partial charge in [0, 0.05) is 17.2 Å². The summed E-state index contributed by atoms with van der Waals surface area (Å²) in [6.45, 7) is 3.11. The van der Waals surface area contributed by atoms with Crippen LogP contribution in [0.1, 0.15) is 5.56 Å². The number of thioether (sulfide) groups is 1. The first-order valence-electron chi connectivity index (χ1n) is 4.70. The van der Waals surface area contributed by atoms with Crippen LogP contribution in [-0.2, 0) is 0 Å². The lowest BCUT2D eigenvalue weighted by Crippen LogP contribution is -2.09. The molecular weight excluding hydrogens is 194 g/mol. The van der Waals surface area contributed by atoms with Crippen LogP contribution in [0.4, 0.5) is 0 Å². The molecule has 0 saturated carbocycles. The molecule has 2 nitrogen and oxygen atoms in total. The Morgan fingerprint density at radius 3 is 2.79 bits per heavy atom. The van der Waals surface area contributed by atoms with Gasteiger partial charge in [-0.1, -0.05) is 0 Å². The summed E-state index contributed by atoms with van der Waals surface area (Å²) in [4.78, 5) is 1.30. The van der Waals surface area contributed by atoms with Crippen LogP contribution in [0.25, 0.3) is 0 Å². The fraction of sp³-hybridized carbons (Fsp3) is 0.455. The van der Waals surface area contributed by atoms with Crippen molar-refractivity contribution in [3.63, 3.8) is 0 Å². The molecule has 3 heteroatoms. The van der Waals surface area contributed by atoms with Gasteiger partial charge in [0.25, 0.3) is 0 Å². The fourth-order valence-electron chi connectivity index (χ4n) is 1.21. The third-order valence-electron chi connectivity index (χ3n) is 1.99. The third-order valence-corrected chi connectivity index (χ3v) is 2.98. The van der Waals surface area contributed by atoms with E-state index in [2.05, 4.69) is 24.4 Å². The molecule has 0 aliphatic rings. The maximum absolute atomic E-state index is 5.20. The molecule has 0 saturated heterocycles. The highest BCUT2D eigenvalue weighted by atomic mass is 32.2. The van der Waals surface area contributed by atoms with Crippen LogP contribution in [0.5, 0.6) is 5.75 Å². The minimum absolute atomic E-state index is 0.961. The molecular formula is C11H17NOS. The van der Waals surface area contributed by atoms with Crippen molar-refractivity contribution in [2.24, 2.45) is 0 Å². The molecule has 1 aromatic rings. The van der Waals surface area contributed by atoms with Crippen molar-refractivity contribution in [1.82, 2.24) is 5.32 Å². The minimum atomic E-state index is 0.961. The van der Waals surface area contributed by atoms with E-state index in [1.165, 1.54) is 10.5 Å². The average Bonchev–Trinajstić information content (AvgIpc) is 2.18. The maximum Gasteiger partial charge on any atom is 0.121 e. The van der Waals surface area contributed by atoms with E-state index in [1.807, 2.05) is 24.9 Å². The Morgan fingerprint density at radius 1 is 1.43 bits per heavy atom. The molecule has 0 unspecified atom stereocenters. The first-order valence-corrected chi connectivity index (χ1v) is 5.68. The molecule has 0 atom stereocenters. The second-order valence-electron chi connectivity index (χ2n) is 3.08. The van der Waals surface area contributed by atoms with Gasteiger partial charge in [0.1, 0.15) is 5.75 Å². The van der Waals surface area contributed by atoms with Gasteiger partial charge in [-0.25, -0.2) is 0 Å². The predicted octanol–water partition coefficient (Wildman–Crippen LogP) is 2.32. The molecule has 1 aromatic carbocycles. The molecule has 0 spiro atoms. The normalized spacial score (nSPS) is 10.2. The van der Waals surface area contributed by atoms with Crippen molar-refractivity contribution >= 4 is 11.8 Å². The van der Waals surface area contributed by atoms with E-state index in [0.717, 1.165) is 18.0 Å². The Morgan fingerprint density at radius 2 is 2.21 bits per heavy atom. The summed E-state index contributed by atoms with van der Waals surface area (Å²) in [5.41, 5.74) is 1.20. The molecule has 14 heavy (non-hydrogen) atoms. The van der Waals surface area contributed by atoms with Crippen molar-refractivity contribution in [3.8, 4) is 5.75 Å². The predicted molar refractivity (Wildman–Crippen MR) is 62.4 cm³/mol. The lowest BCUT2D eigenvalue weighted by Gasteiger charge is -2.06. The smallest absolute Gasteiger partial charge is 0.121 e. The van der Waals surface area contributed by atoms with Gasteiger partial charge in [-0.05, 0) is 37.7 Å². The largest absolute Gasteiger partial charge is 0.496 e. The Hall–Kier alpha value is -0.670. The number of nitrogens with one attached hydrogen (secondary N) is 1. The number of hydrogen-bond donors (Lipinski definition) is 1. The second-order valence-corrected chi connectivity index (χ2v) is 4.25. The van der Waals surface area contributed by atoms with E-state index in [4.69, 9.17) is 4.74 Å². The van der Waals surface area contributed by atoms with E-state index >= 15 is 0 Å². The summed E-state index contributed by atoms with van der Waals surface area (Å²) >= 11 is 1.86. The molecule has 0 aliphatic carbocycles. The van der Waals surface area contributed by atoms with Gasteiger partial charge in [0.2, 0.25) is 0 Å². The second kappa shape index (κ2) is 5.94. The quantitative estimate of drug-likeness (QED) is 0.596. The monoisotopic (exact) mass is 211 g/mol. The topological polar surface area (TPSA) is 21.3 Å². The number of aryl methyl sites for hydroxylation is 1. The molecule has 0 heterocycles. The Kier molecular flexibility index (Phi) is 4.84. The lowest BCUT2D eigenvalue weighted by molar-refractivity contribution is 0.411. The van der Waals surface area contributed by atoms with Crippen LogP contribution >= 0.6 is 11.8 Å². The first kappa shape index (κ1) is 11.4. The molecule has 0 radical (unpaired) electrons. The van der Waals surface area contributed by atoms with Gasteiger partial charge in [-0.3, -0.25) is 0 Å². The molecule has 1 N–H and O–H groups in total. The van der Waals surface area contributed by atoms with Crippen molar-refractivity contribution in [2.45, 2.75) is 11.8 Å². The van der Waals surface area contributed by atoms with Gasteiger partial charge in [-0.15, -0.1) is 11.8 Å². The summed E-state index contributed by atoms with van der Waals surface area (Å²) in [6, 6.07) is 6.29. The van der Waals surface area contributed by atoms with Gasteiger partial charge in [-0.2, -0.15) is 0 Å². The number of methoxy groups -OCH3 is 1. The van der Waals surface area contributed by atoms with Crippen molar-refractivity contribution < 1.29 is 4.74 Å². The summed E-state index contributed by atoms with van der Waals surface area (Å²) in [5, 5.41) is 3.13. The van der Waals surface area contributed by atoms with E-state index < -0.39 is 0 Å². The van der Waals surface area contributed by atoms with Crippen LogP contribution in [0.2, 0.25) is 0 Å². The molecule has 0 aliphatic heterocycles. The third kappa shape index (κ3) is 3.24. The fourth-order valence-corrected chi connectivity index (χ4v) is 2.18. The molecule has 1 rings (SSSR count). The van der Waals surface area contributed by atoms with E-state index in [0.29, 0.717) is 0 Å². The molecule has 0 aromatic heterocycles. The Labute approximate surface area is 90.0 Å². The zero-order valence-corrected chi connectivity index (χ0v) is 9.78. The molecule has 78 valence electrons. The van der Waals surface area contributed by atoms with E-state index in [9.17, 15) is 0 Å². The number of rotatable bonds is 5. The van der Waals surface area contributed by atoms with Crippen LogP contribution in [0, 0.1) is 6.92 Å². The standard InChI is InChI=1S/C11H17NOS/c1-9-8-10(14-7-6-12-2)4-5-11(9)13-3/h4-5,8,12H,6-7H2,1-3H3. The molecule has 0 fully saturated rings. The Balaban J connectivity index is 2.57. The lowest BCUT2D eigenvalue weighted by atomic mass is 10.2. The van der Waals surface area contributed by atoms with Gasteiger partial charge < -0.3 is 10.1 Å². The zero-order chi connectivity index (χ0) is 10.4. The number of hydrogen-bond acceptors (Lipinski definition) is 3.